The molecule has 2 atom stereocenters. The molecule has 1 aliphatic rings. The summed E-state index contributed by atoms with van der Waals surface area (Å²) in [5, 5.41) is 10.7. The standard InChI is InChI=1S/C20H30N6O2.HI/c1-5-27-15(3)19-24-18(28-25-19)12-22-20(21-4)23-16-10-11-26(13-16)17-8-6-14(2)7-9-17;/h6-9,15-16H,5,10-13H2,1-4H3,(H2,21,22,23);1H. The van der Waals surface area contributed by atoms with Crippen LogP contribution in [0.15, 0.2) is 33.8 Å². The van der Waals surface area contributed by atoms with Gasteiger partial charge in [0.2, 0.25) is 5.89 Å². The van der Waals surface area contributed by atoms with E-state index in [0.717, 1.165) is 25.5 Å². The first-order valence-electron chi connectivity index (χ1n) is 9.82. The molecule has 2 heterocycles. The lowest BCUT2D eigenvalue weighted by Gasteiger charge is -2.20. The molecule has 0 radical (unpaired) electrons. The number of aryl methyl sites for hydroxylation is 1. The van der Waals surface area contributed by atoms with Crippen LogP contribution in [0, 0.1) is 6.92 Å². The van der Waals surface area contributed by atoms with E-state index in [1.807, 2.05) is 13.8 Å². The Balaban J connectivity index is 0.00000300. The van der Waals surface area contributed by atoms with Gasteiger partial charge in [0.25, 0.3) is 0 Å². The summed E-state index contributed by atoms with van der Waals surface area (Å²) in [7, 11) is 1.76. The van der Waals surface area contributed by atoms with Crippen molar-refractivity contribution >= 4 is 35.6 Å². The molecular weight excluding hydrogens is 483 g/mol. The third kappa shape index (κ3) is 6.56. The predicted molar refractivity (Wildman–Crippen MR) is 125 cm³/mol. The van der Waals surface area contributed by atoms with Gasteiger partial charge in [-0.05, 0) is 39.3 Å². The number of guanidine groups is 1. The molecular formula is C20H31IN6O2. The Bertz CT molecular complexity index is 780. The normalized spacial score (nSPS) is 17.7. The first-order chi connectivity index (χ1) is 13.6. The van der Waals surface area contributed by atoms with Gasteiger partial charge in [0.15, 0.2) is 11.8 Å². The minimum atomic E-state index is -0.175. The largest absolute Gasteiger partial charge is 0.371 e. The van der Waals surface area contributed by atoms with Crippen molar-refractivity contribution in [2.45, 2.75) is 45.9 Å². The molecule has 0 amide bonds. The molecule has 0 spiro atoms. The third-order valence-electron chi connectivity index (χ3n) is 4.82. The molecule has 29 heavy (non-hydrogen) atoms. The summed E-state index contributed by atoms with van der Waals surface area (Å²) in [6.07, 6.45) is 0.886. The van der Waals surface area contributed by atoms with Crippen LogP contribution in [-0.2, 0) is 11.3 Å². The van der Waals surface area contributed by atoms with Crippen molar-refractivity contribution in [2.24, 2.45) is 4.99 Å². The molecule has 0 bridgehead atoms. The lowest BCUT2D eigenvalue weighted by atomic mass is 10.2. The molecule has 0 saturated carbocycles. The monoisotopic (exact) mass is 514 g/mol. The van der Waals surface area contributed by atoms with Crippen molar-refractivity contribution in [3.8, 4) is 0 Å². The minimum absolute atomic E-state index is 0. The van der Waals surface area contributed by atoms with E-state index in [1.165, 1.54) is 11.3 Å². The van der Waals surface area contributed by atoms with Crippen LogP contribution < -0.4 is 15.5 Å². The van der Waals surface area contributed by atoms with Crippen molar-refractivity contribution < 1.29 is 9.26 Å². The highest BCUT2D eigenvalue weighted by molar-refractivity contribution is 14.0. The number of aromatic nitrogens is 2. The zero-order valence-electron chi connectivity index (χ0n) is 17.5. The smallest absolute Gasteiger partial charge is 0.246 e. The van der Waals surface area contributed by atoms with Crippen LogP contribution in [0.3, 0.4) is 0 Å². The summed E-state index contributed by atoms with van der Waals surface area (Å²) in [4.78, 5) is 11.1. The predicted octanol–water partition coefficient (Wildman–Crippen LogP) is 3.04. The molecule has 2 N–H and O–H groups in total. The number of aliphatic imine (C=N–C) groups is 1. The average Bonchev–Trinajstić information content (AvgIpc) is 3.35. The van der Waals surface area contributed by atoms with Gasteiger partial charge < -0.3 is 24.8 Å². The van der Waals surface area contributed by atoms with Crippen molar-refractivity contribution in [1.82, 2.24) is 20.8 Å². The number of halogens is 1. The van der Waals surface area contributed by atoms with E-state index in [2.05, 4.69) is 61.9 Å². The summed E-state index contributed by atoms with van der Waals surface area (Å²) in [6.45, 7) is 8.96. The first kappa shape index (κ1) is 23.4. The third-order valence-corrected chi connectivity index (χ3v) is 4.82. The second-order valence-corrected chi connectivity index (χ2v) is 6.98. The number of nitrogens with zero attached hydrogens (tertiary/aromatic N) is 4. The maximum atomic E-state index is 5.48. The number of benzene rings is 1. The lowest BCUT2D eigenvalue weighted by molar-refractivity contribution is 0.0683. The van der Waals surface area contributed by atoms with E-state index in [0.29, 0.717) is 30.9 Å². The highest BCUT2D eigenvalue weighted by Crippen LogP contribution is 2.20. The first-order valence-corrected chi connectivity index (χ1v) is 9.82. The zero-order chi connectivity index (χ0) is 19.9. The molecule has 1 aromatic carbocycles. The fourth-order valence-corrected chi connectivity index (χ4v) is 3.25. The number of hydrogen-bond donors (Lipinski definition) is 2. The minimum Gasteiger partial charge on any atom is -0.371 e. The molecule has 1 fully saturated rings. The Morgan fingerprint density at radius 1 is 1.38 bits per heavy atom. The Morgan fingerprint density at radius 2 is 2.14 bits per heavy atom. The molecule has 2 unspecified atom stereocenters. The molecule has 2 aromatic rings. The van der Waals surface area contributed by atoms with Gasteiger partial charge >= 0.3 is 0 Å². The molecule has 3 rings (SSSR count). The van der Waals surface area contributed by atoms with Crippen molar-refractivity contribution in [3.05, 3.63) is 41.5 Å². The average molecular weight is 514 g/mol. The van der Waals surface area contributed by atoms with Gasteiger partial charge in [-0.3, -0.25) is 4.99 Å². The summed E-state index contributed by atoms with van der Waals surface area (Å²) >= 11 is 0. The van der Waals surface area contributed by atoms with E-state index < -0.39 is 0 Å². The number of ether oxygens (including phenoxy) is 1. The summed E-state index contributed by atoms with van der Waals surface area (Å²) in [5.41, 5.74) is 2.54. The van der Waals surface area contributed by atoms with E-state index in [1.54, 1.807) is 7.05 Å². The van der Waals surface area contributed by atoms with Gasteiger partial charge in [-0.2, -0.15) is 4.98 Å². The molecule has 1 aromatic heterocycles. The second-order valence-electron chi connectivity index (χ2n) is 6.98. The van der Waals surface area contributed by atoms with E-state index >= 15 is 0 Å². The fourth-order valence-electron chi connectivity index (χ4n) is 3.25. The van der Waals surface area contributed by atoms with Crippen LogP contribution >= 0.6 is 24.0 Å². The highest BCUT2D eigenvalue weighted by Gasteiger charge is 2.23. The number of anilines is 1. The van der Waals surface area contributed by atoms with Crippen LogP contribution in [0.4, 0.5) is 5.69 Å². The lowest BCUT2D eigenvalue weighted by Crippen LogP contribution is -2.44. The van der Waals surface area contributed by atoms with Crippen LogP contribution in [0.2, 0.25) is 0 Å². The Hall–Kier alpha value is -1.88. The highest BCUT2D eigenvalue weighted by atomic mass is 127. The maximum Gasteiger partial charge on any atom is 0.246 e. The van der Waals surface area contributed by atoms with Gasteiger partial charge in [-0.15, -0.1) is 24.0 Å². The molecule has 9 heteroatoms. The molecule has 0 aliphatic carbocycles. The Morgan fingerprint density at radius 3 is 2.83 bits per heavy atom. The number of rotatable bonds is 7. The van der Waals surface area contributed by atoms with Gasteiger partial charge in [-0.1, -0.05) is 22.9 Å². The summed E-state index contributed by atoms with van der Waals surface area (Å²) < 4.78 is 10.8. The second kappa shape index (κ2) is 11.3. The van der Waals surface area contributed by atoms with Gasteiger partial charge in [-0.25, -0.2) is 0 Å². The molecule has 8 nitrogen and oxygen atoms in total. The molecule has 1 saturated heterocycles. The van der Waals surface area contributed by atoms with Crippen molar-refractivity contribution in [1.29, 1.82) is 0 Å². The Labute approximate surface area is 189 Å². The maximum absolute atomic E-state index is 5.48. The molecule has 1 aliphatic heterocycles. The fraction of sp³-hybridized carbons (Fsp3) is 0.550. The summed E-state index contributed by atoms with van der Waals surface area (Å²) in [5.74, 6) is 1.80. The van der Waals surface area contributed by atoms with Crippen LogP contribution in [-0.4, -0.2) is 48.9 Å². The van der Waals surface area contributed by atoms with Crippen molar-refractivity contribution in [3.63, 3.8) is 0 Å². The van der Waals surface area contributed by atoms with Gasteiger partial charge in [0.1, 0.15) is 6.10 Å². The topological polar surface area (TPSA) is 87.8 Å². The molecule has 160 valence electrons. The van der Waals surface area contributed by atoms with Crippen molar-refractivity contribution in [2.75, 3.05) is 31.6 Å². The Kier molecular flexibility index (Phi) is 9.15. The van der Waals surface area contributed by atoms with Crippen LogP contribution in [0.1, 0.15) is 43.7 Å². The number of nitrogens with one attached hydrogen (secondary N) is 2. The van der Waals surface area contributed by atoms with E-state index in [4.69, 9.17) is 9.26 Å². The van der Waals surface area contributed by atoms with Crippen LogP contribution in [0.5, 0.6) is 0 Å². The van der Waals surface area contributed by atoms with Gasteiger partial charge in [0, 0.05) is 38.5 Å². The number of hydrogen-bond acceptors (Lipinski definition) is 6. The SMILES string of the molecule is CCOC(C)c1noc(CNC(=NC)NC2CCN(c3ccc(C)cc3)C2)n1.I. The van der Waals surface area contributed by atoms with Gasteiger partial charge in [0.05, 0.1) is 6.54 Å². The quantitative estimate of drug-likeness (QED) is 0.334. The van der Waals surface area contributed by atoms with E-state index in [9.17, 15) is 0 Å². The zero-order valence-corrected chi connectivity index (χ0v) is 19.8. The van der Waals surface area contributed by atoms with E-state index in [-0.39, 0.29) is 30.1 Å². The van der Waals surface area contributed by atoms with Crippen LogP contribution in [0.25, 0.3) is 0 Å². The summed E-state index contributed by atoms with van der Waals surface area (Å²) in [6, 6.07) is 9.01.